The molecule has 3 unspecified atom stereocenters. The van der Waals surface area contributed by atoms with Gasteiger partial charge in [0.25, 0.3) is 0 Å². The summed E-state index contributed by atoms with van der Waals surface area (Å²) in [6.07, 6.45) is 4.69. The Morgan fingerprint density at radius 1 is 1.50 bits per heavy atom. The molecule has 0 bridgehead atoms. The van der Waals surface area contributed by atoms with Crippen LogP contribution in [0.25, 0.3) is 0 Å². The summed E-state index contributed by atoms with van der Waals surface area (Å²) in [6, 6.07) is 0. The number of halogens is 1. The van der Waals surface area contributed by atoms with Crippen LogP contribution in [0.2, 0.25) is 0 Å². The van der Waals surface area contributed by atoms with E-state index >= 15 is 0 Å². The first kappa shape index (κ1) is 10.0. The Bertz CT molecular complexity index is 170. The van der Waals surface area contributed by atoms with Crippen LogP contribution < -0.4 is 0 Å². The van der Waals surface area contributed by atoms with Crippen molar-refractivity contribution in [3.63, 3.8) is 0 Å². The lowest BCUT2D eigenvalue weighted by molar-refractivity contribution is -0.137. The molecule has 0 heterocycles. The fourth-order valence-corrected chi connectivity index (χ4v) is 2.75. The van der Waals surface area contributed by atoms with Gasteiger partial charge in [-0.25, -0.2) is 0 Å². The first-order valence-electron chi connectivity index (χ1n) is 4.50. The second-order valence-electron chi connectivity index (χ2n) is 3.67. The molecule has 0 amide bonds. The zero-order chi connectivity index (χ0) is 9.14. The van der Waals surface area contributed by atoms with Crippen LogP contribution in [-0.4, -0.2) is 15.9 Å². The van der Waals surface area contributed by atoms with Crippen LogP contribution in [-0.2, 0) is 4.79 Å². The van der Waals surface area contributed by atoms with Crippen LogP contribution in [0.15, 0.2) is 0 Å². The monoisotopic (exact) mass is 234 g/mol. The minimum atomic E-state index is -0.714. The molecular weight excluding hydrogens is 220 g/mol. The Balaban J connectivity index is 2.53. The number of aliphatic carboxylic acids is 1. The van der Waals surface area contributed by atoms with E-state index in [0.717, 1.165) is 6.42 Å². The lowest BCUT2D eigenvalue weighted by Crippen LogP contribution is -2.30. The summed E-state index contributed by atoms with van der Waals surface area (Å²) in [5, 5.41) is 8.81. The van der Waals surface area contributed by atoms with Crippen molar-refractivity contribution >= 4 is 21.9 Å². The molecule has 3 heteroatoms. The predicted molar refractivity (Wildman–Crippen MR) is 51.5 cm³/mol. The molecule has 1 aliphatic carbocycles. The highest BCUT2D eigenvalue weighted by molar-refractivity contribution is 9.10. The summed E-state index contributed by atoms with van der Waals surface area (Å²) in [6.45, 7) is 2.15. The summed E-state index contributed by atoms with van der Waals surface area (Å²) in [7, 11) is 0. The van der Waals surface area contributed by atoms with E-state index in [2.05, 4.69) is 22.9 Å². The van der Waals surface area contributed by atoms with Gasteiger partial charge in [0.1, 0.15) is 4.83 Å². The van der Waals surface area contributed by atoms with Gasteiger partial charge in [-0.1, -0.05) is 42.1 Å². The highest BCUT2D eigenvalue weighted by Gasteiger charge is 2.31. The van der Waals surface area contributed by atoms with Crippen molar-refractivity contribution in [1.29, 1.82) is 0 Å². The van der Waals surface area contributed by atoms with Crippen molar-refractivity contribution < 1.29 is 9.90 Å². The lowest BCUT2D eigenvalue weighted by Gasteiger charge is -2.30. The molecular formula is C9H15BrO2. The summed E-state index contributed by atoms with van der Waals surface area (Å²) in [4.78, 5) is 10.4. The lowest BCUT2D eigenvalue weighted by atomic mass is 9.79. The zero-order valence-electron chi connectivity index (χ0n) is 7.29. The molecule has 3 atom stereocenters. The minimum absolute atomic E-state index is 0.330. The van der Waals surface area contributed by atoms with Crippen molar-refractivity contribution in [2.75, 3.05) is 0 Å². The Morgan fingerprint density at radius 2 is 2.08 bits per heavy atom. The molecule has 2 nitrogen and oxygen atoms in total. The third-order valence-electron chi connectivity index (χ3n) is 2.79. The van der Waals surface area contributed by atoms with Crippen LogP contribution in [0.1, 0.15) is 32.6 Å². The number of rotatable bonds is 2. The van der Waals surface area contributed by atoms with Gasteiger partial charge in [-0.15, -0.1) is 0 Å². The fourth-order valence-electron chi connectivity index (χ4n) is 1.96. The molecule has 1 aliphatic rings. The van der Waals surface area contributed by atoms with Gasteiger partial charge < -0.3 is 5.11 Å². The van der Waals surface area contributed by atoms with E-state index in [0.29, 0.717) is 11.8 Å². The number of hydrogen-bond donors (Lipinski definition) is 1. The van der Waals surface area contributed by atoms with Crippen LogP contribution >= 0.6 is 15.9 Å². The first-order chi connectivity index (χ1) is 5.63. The molecule has 0 aromatic rings. The number of hydrogen-bond acceptors (Lipinski definition) is 1. The Morgan fingerprint density at radius 3 is 2.58 bits per heavy atom. The molecule has 1 saturated carbocycles. The van der Waals surface area contributed by atoms with E-state index in [-0.39, 0.29) is 4.83 Å². The van der Waals surface area contributed by atoms with Gasteiger partial charge >= 0.3 is 5.97 Å². The molecule has 12 heavy (non-hydrogen) atoms. The molecule has 70 valence electrons. The number of carbonyl (C=O) groups is 1. The van der Waals surface area contributed by atoms with Gasteiger partial charge in [0.15, 0.2) is 0 Å². The summed E-state index contributed by atoms with van der Waals surface area (Å²) in [5.41, 5.74) is 0. The number of carboxylic acids is 1. The fraction of sp³-hybridized carbons (Fsp3) is 0.889. The van der Waals surface area contributed by atoms with Gasteiger partial charge in [-0.2, -0.15) is 0 Å². The quantitative estimate of drug-likeness (QED) is 0.747. The Labute approximate surface area is 81.5 Å². The van der Waals surface area contributed by atoms with Crippen LogP contribution in [0.3, 0.4) is 0 Å². The van der Waals surface area contributed by atoms with Gasteiger partial charge in [0.2, 0.25) is 0 Å². The number of alkyl halides is 1. The van der Waals surface area contributed by atoms with Gasteiger partial charge in [0, 0.05) is 0 Å². The van der Waals surface area contributed by atoms with E-state index in [1.54, 1.807) is 0 Å². The van der Waals surface area contributed by atoms with Crippen LogP contribution in [0.4, 0.5) is 0 Å². The second kappa shape index (κ2) is 4.26. The standard InChI is InChI=1S/C9H15BrO2/c1-6-4-2-3-5-7(6)8(10)9(11)12/h6-8H,2-5H2,1H3,(H,11,12). The third kappa shape index (κ3) is 2.22. The molecule has 1 N–H and O–H groups in total. The van der Waals surface area contributed by atoms with Gasteiger partial charge in [-0.05, 0) is 18.3 Å². The smallest absolute Gasteiger partial charge is 0.317 e. The molecule has 1 fully saturated rings. The number of carboxylic acid groups (broad SMARTS) is 1. The highest BCUT2D eigenvalue weighted by Crippen LogP contribution is 2.34. The highest BCUT2D eigenvalue weighted by atomic mass is 79.9. The maximum Gasteiger partial charge on any atom is 0.317 e. The average molecular weight is 235 g/mol. The predicted octanol–water partition coefficient (Wildman–Crippen LogP) is 2.66. The van der Waals surface area contributed by atoms with E-state index in [1.807, 2.05) is 0 Å². The van der Waals surface area contributed by atoms with Gasteiger partial charge in [-0.3, -0.25) is 4.79 Å². The normalized spacial score (nSPS) is 32.8. The maximum absolute atomic E-state index is 10.7. The summed E-state index contributed by atoms with van der Waals surface area (Å²) in [5.74, 6) is 0.171. The van der Waals surface area contributed by atoms with Gasteiger partial charge in [0.05, 0.1) is 0 Å². The average Bonchev–Trinajstić information content (AvgIpc) is 2.04. The molecule has 0 radical (unpaired) electrons. The Hall–Kier alpha value is -0.0500. The van der Waals surface area contributed by atoms with E-state index < -0.39 is 5.97 Å². The van der Waals surface area contributed by atoms with Crippen molar-refractivity contribution in [3.05, 3.63) is 0 Å². The van der Waals surface area contributed by atoms with Crippen molar-refractivity contribution in [2.45, 2.75) is 37.4 Å². The molecule has 1 rings (SSSR count). The SMILES string of the molecule is CC1CCCCC1C(Br)C(=O)O. The Kier molecular flexibility index (Phi) is 3.56. The first-order valence-corrected chi connectivity index (χ1v) is 5.41. The molecule has 0 spiro atoms. The maximum atomic E-state index is 10.7. The minimum Gasteiger partial charge on any atom is -0.480 e. The summed E-state index contributed by atoms with van der Waals surface area (Å²) < 4.78 is 0. The molecule has 0 aromatic carbocycles. The topological polar surface area (TPSA) is 37.3 Å². The third-order valence-corrected chi connectivity index (χ3v) is 3.86. The largest absolute Gasteiger partial charge is 0.480 e. The van der Waals surface area contributed by atoms with Crippen molar-refractivity contribution in [1.82, 2.24) is 0 Å². The summed E-state index contributed by atoms with van der Waals surface area (Å²) >= 11 is 3.24. The molecule has 0 aliphatic heterocycles. The van der Waals surface area contributed by atoms with E-state index in [9.17, 15) is 4.79 Å². The van der Waals surface area contributed by atoms with Crippen molar-refractivity contribution in [2.24, 2.45) is 11.8 Å². The second-order valence-corrected chi connectivity index (χ2v) is 4.65. The van der Waals surface area contributed by atoms with Crippen LogP contribution in [0, 0.1) is 11.8 Å². The van der Waals surface area contributed by atoms with Crippen molar-refractivity contribution in [3.8, 4) is 0 Å². The zero-order valence-corrected chi connectivity index (χ0v) is 8.88. The van der Waals surface area contributed by atoms with E-state index in [1.165, 1.54) is 19.3 Å². The molecule has 0 aromatic heterocycles. The molecule has 0 saturated heterocycles. The van der Waals surface area contributed by atoms with E-state index in [4.69, 9.17) is 5.11 Å². The van der Waals surface area contributed by atoms with Crippen LogP contribution in [0.5, 0.6) is 0 Å².